The van der Waals surface area contributed by atoms with Gasteiger partial charge in [0.15, 0.2) is 5.16 Å². The van der Waals surface area contributed by atoms with Gasteiger partial charge in [-0.1, -0.05) is 59.8 Å². The van der Waals surface area contributed by atoms with Crippen molar-refractivity contribution in [2.45, 2.75) is 10.9 Å². The van der Waals surface area contributed by atoms with Gasteiger partial charge in [0.05, 0.1) is 11.9 Å². The highest BCUT2D eigenvalue weighted by Gasteiger charge is 2.16. The van der Waals surface area contributed by atoms with E-state index in [-0.39, 0.29) is 11.2 Å². The highest BCUT2D eigenvalue weighted by atomic mass is 35.5. The van der Waals surface area contributed by atoms with Crippen LogP contribution in [0.2, 0.25) is 5.02 Å². The minimum absolute atomic E-state index is 0.322. The van der Waals surface area contributed by atoms with Gasteiger partial charge in [0.1, 0.15) is 0 Å². The van der Waals surface area contributed by atoms with E-state index in [1.807, 2.05) is 65.4 Å². The van der Waals surface area contributed by atoms with Gasteiger partial charge in [0.2, 0.25) is 0 Å². The minimum Gasteiger partial charge on any atom is -0.300 e. The van der Waals surface area contributed by atoms with Crippen LogP contribution in [0.15, 0.2) is 81.6 Å². The largest absolute Gasteiger partial charge is 0.330 e. The SMILES string of the molecule is Cn1c(CSc2ncc(-c3ccccc3)n2-c2cccc(Cl)c2)cc(=O)n(C)c1=O. The Bertz CT molecular complexity index is 1330. The number of aromatic nitrogens is 4. The molecule has 0 saturated heterocycles. The molecule has 0 amide bonds. The van der Waals surface area contributed by atoms with Crippen molar-refractivity contribution >= 4 is 23.4 Å². The smallest absolute Gasteiger partial charge is 0.300 e. The summed E-state index contributed by atoms with van der Waals surface area (Å²) in [5.41, 5.74) is 2.81. The summed E-state index contributed by atoms with van der Waals surface area (Å²) in [5, 5.41) is 1.37. The number of halogens is 1. The van der Waals surface area contributed by atoms with Crippen LogP contribution >= 0.6 is 23.4 Å². The van der Waals surface area contributed by atoms with Crippen molar-refractivity contribution in [3.8, 4) is 16.9 Å². The number of thioether (sulfide) groups is 1. The number of hydrogen-bond acceptors (Lipinski definition) is 4. The summed E-state index contributed by atoms with van der Waals surface area (Å²) in [4.78, 5) is 28.9. The molecule has 8 heteroatoms. The van der Waals surface area contributed by atoms with Crippen LogP contribution in [-0.4, -0.2) is 18.7 Å². The Labute approximate surface area is 182 Å². The third-order valence-corrected chi connectivity index (χ3v) is 6.06. The van der Waals surface area contributed by atoms with Crippen LogP contribution < -0.4 is 11.2 Å². The van der Waals surface area contributed by atoms with Crippen molar-refractivity contribution in [1.82, 2.24) is 18.7 Å². The van der Waals surface area contributed by atoms with E-state index in [1.165, 1.54) is 29.4 Å². The van der Waals surface area contributed by atoms with Gasteiger partial charge in [-0.05, 0) is 18.2 Å². The van der Waals surface area contributed by atoms with Gasteiger partial charge in [-0.15, -0.1) is 0 Å². The fourth-order valence-electron chi connectivity index (χ4n) is 3.17. The second kappa shape index (κ2) is 8.38. The Morgan fingerprint density at radius 3 is 2.47 bits per heavy atom. The lowest BCUT2D eigenvalue weighted by atomic mass is 10.1. The predicted octanol–water partition coefficient (Wildman–Crippen LogP) is 3.88. The van der Waals surface area contributed by atoms with Crippen molar-refractivity contribution in [1.29, 1.82) is 0 Å². The van der Waals surface area contributed by atoms with Gasteiger partial charge in [-0.25, -0.2) is 9.78 Å². The summed E-state index contributed by atoms with van der Waals surface area (Å²) >= 11 is 7.69. The molecule has 0 aliphatic carbocycles. The maximum absolute atomic E-state index is 12.2. The van der Waals surface area contributed by atoms with Crippen LogP contribution in [0.4, 0.5) is 0 Å². The van der Waals surface area contributed by atoms with Crippen LogP contribution in [0.1, 0.15) is 5.69 Å². The number of rotatable bonds is 5. The summed E-state index contributed by atoms with van der Waals surface area (Å²) in [6.45, 7) is 0. The van der Waals surface area contributed by atoms with Gasteiger partial charge in [-0.2, -0.15) is 0 Å². The van der Waals surface area contributed by atoms with Crippen molar-refractivity contribution in [2.24, 2.45) is 14.1 Å². The average molecular weight is 439 g/mol. The molecule has 152 valence electrons. The Morgan fingerprint density at radius 1 is 0.967 bits per heavy atom. The van der Waals surface area contributed by atoms with E-state index < -0.39 is 0 Å². The summed E-state index contributed by atoms with van der Waals surface area (Å²) in [7, 11) is 3.14. The molecule has 2 aromatic carbocycles. The van der Waals surface area contributed by atoms with E-state index in [2.05, 4.69) is 4.98 Å². The van der Waals surface area contributed by atoms with E-state index in [1.54, 1.807) is 7.05 Å². The molecule has 0 N–H and O–H groups in total. The highest BCUT2D eigenvalue weighted by molar-refractivity contribution is 7.98. The normalized spacial score (nSPS) is 11.0. The van der Waals surface area contributed by atoms with Gasteiger partial charge in [-0.3, -0.25) is 18.5 Å². The van der Waals surface area contributed by atoms with Crippen molar-refractivity contribution in [3.63, 3.8) is 0 Å². The number of imidazole rings is 1. The zero-order valence-corrected chi connectivity index (χ0v) is 18.0. The maximum Gasteiger partial charge on any atom is 0.330 e. The molecular weight excluding hydrogens is 420 g/mol. The first-order valence-corrected chi connectivity index (χ1v) is 10.6. The molecule has 2 heterocycles. The van der Waals surface area contributed by atoms with Gasteiger partial charge < -0.3 is 0 Å². The van der Waals surface area contributed by atoms with Crippen LogP contribution in [0, 0.1) is 0 Å². The molecule has 30 heavy (non-hydrogen) atoms. The molecule has 0 saturated carbocycles. The topological polar surface area (TPSA) is 61.8 Å². The molecule has 0 aliphatic rings. The van der Waals surface area contributed by atoms with Crippen LogP contribution in [-0.2, 0) is 19.8 Å². The standard InChI is InChI=1S/C22H19ClN4O2S/c1-25-18(12-20(28)26(2)22(25)29)14-30-21-24-13-19(15-7-4-3-5-8-15)27(21)17-10-6-9-16(23)11-17/h3-13H,14H2,1-2H3. The summed E-state index contributed by atoms with van der Waals surface area (Å²) in [5.74, 6) is 0.424. The predicted molar refractivity (Wildman–Crippen MR) is 120 cm³/mol. The summed E-state index contributed by atoms with van der Waals surface area (Å²) in [6, 6.07) is 19.0. The molecular formula is C22H19ClN4O2S. The molecule has 0 spiro atoms. The van der Waals surface area contributed by atoms with Crippen LogP contribution in [0.3, 0.4) is 0 Å². The number of benzene rings is 2. The Hall–Kier alpha value is -3.03. The molecule has 2 aromatic heterocycles. The zero-order valence-electron chi connectivity index (χ0n) is 16.4. The van der Waals surface area contributed by atoms with Crippen molar-refractivity contribution in [2.75, 3.05) is 0 Å². The first-order chi connectivity index (χ1) is 14.5. The highest BCUT2D eigenvalue weighted by Crippen LogP contribution is 2.31. The molecule has 4 rings (SSSR count). The third-order valence-electron chi connectivity index (χ3n) is 4.84. The quantitative estimate of drug-likeness (QED) is 0.443. The summed E-state index contributed by atoms with van der Waals surface area (Å²) < 4.78 is 4.61. The lowest BCUT2D eigenvalue weighted by Gasteiger charge is -2.13. The zero-order chi connectivity index (χ0) is 21.3. The molecule has 0 atom stereocenters. The number of nitrogens with zero attached hydrogens (tertiary/aromatic N) is 4. The van der Waals surface area contributed by atoms with E-state index in [0.717, 1.165) is 26.7 Å². The fourth-order valence-corrected chi connectivity index (χ4v) is 4.37. The van der Waals surface area contributed by atoms with Crippen molar-refractivity contribution < 1.29 is 0 Å². The monoisotopic (exact) mass is 438 g/mol. The fraction of sp³-hybridized carbons (Fsp3) is 0.136. The van der Waals surface area contributed by atoms with Crippen LogP contribution in [0.5, 0.6) is 0 Å². The third kappa shape index (κ3) is 3.86. The molecule has 4 aromatic rings. The second-order valence-corrected chi connectivity index (χ2v) is 8.15. The summed E-state index contributed by atoms with van der Waals surface area (Å²) in [6.07, 6.45) is 1.82. The first-order valence-electron chi connectivity index (χ1n) is 9.23. The lowest BCUT2D eigenvalue weighted by Crippen LogP contribution is -2.37. The maximum atomic E-state index is 12.2. The minimum atomic E-state index is -0.346. The molecule has 0 bridgehead atoms. The van der Waals surface area contributed by atoms with E-state index in [0.29, 0.717) is 16.5 Å². The van der Waals surface area contributed by atoms with Gasteiger partial charge >= 0.3 is 5.69 Å². The Morgan fingerprint density at radius 2 is 1.73 bits per heavy atom. The first kappa shape index (κ1) is 20.3. The molecule has 0 unspecified atom stereocenters. The van der Waals surface area contributed by atoms with E-state index in [4.69, 9.17) is 11.6 Å². The van der Waals surface area contributed by atoms with E-state index >= 15 is 0 Å². The molecule has 0 aliphatic heterocycles. The Balaban J connectivity index is 1.77. The average Bonchev–Trinajstić information content (AvgIpc) is 3.18. The van der Waals surface area contributed by atoms with Crippen molar-refractivity contribution in [3.05, 3.63) is 98.4 Å². The van der Waals surface area contributed by atoms with Gasteiger partial charge in [0.25, 0.3) is 5.56 Å². The lowest BCUT2D eigenvalue weighted by molar-refractivity contribution is 0.665. The Kier molecular flexibility index (Phi) is 5.65. The molecule has 0 radical (unpaired) electrons. The van der Waals surface area contributed by atoms with Crippen LogP contribution in [0.25, 0.3) is 16.9 Å². The number of hydrogen-bond donors (Lipinski definition) is 0. The molecule has 6 nitrogen and oxygen atoms in total. The second-order valence-electron chi connectivity index (χ2n) is 6.77. The van der Waals surface area contributed by atoms with Gasteiger partial charge in [0, 0.05) is 47.9 Å². The molecule has 0 fully saturated rings. The van der Waals surface area contributed by atoms with E-state index in [9.17, 15) is 9.59 Å².